The van der Waals surface area contributed by atoms with Crippen molar-refractivity contribution in [1.29, 1.82) is 0 Å². The molecule has 1 amide bonds. The molecular formula is C9H11NO3S. The van der Waals surface area contributed by atoms with Crippen LogP contribution in [-0.4, -0.2) is 35.3 Å². The predicted molar refractivity (Wildman–Crippen MR) is 52.1 cm³/mol. The number of carbonyl (C=O) groups is 1. The van der Waals surface area contributed by atoms with Crippen molar-refractivity contribution >= 4 is 17.2 Å². The Kier molecular flexibility index (Phi) is 2.54. The van der Waals surface area contributed by atoms with Crippen LogP contribution < -0.4 is 0 Å². The summed E-state index contributed by atoms with van der Waals surface area (Å²) in [7, 11) is 0. The number of β-amino-alcohol motifs (C(OH)–C–C–N with tert-alkyl or cyclic N) is 1. The van der Waals surface area contributed by atoms with Crippen molar-refractivity contribution in [3.63, 3.8) is 0 Å². The van der Waals surface area contributed by atoms with Gasteiger partial charge in [-0.1, -0.05) is 0 Å². The van der Waals surface area contributed by atoms with Gasteiger partial charge in [0.15, 0.2) is 0 Å². The van der Waals surface area contributed by atoms with Crippen LogP contribution in [0.5, 0.6) is 0 Å². The highest BCUT2D eigenvalue weighted by molar-refractivity contribution is 7.10. The largest absolute Gasteiger partial charge is 0.389 e. The van der Waals surface area contributed by atoms with E-state index in [2.05, 4.69) is 0 Å². The molecule has 5 heteroatoms. The first-order chi connectivity index (χ1) is 6.66. The number of hydrogen-bond donors (Lipinski definition) is 1. The minimum atomic E-state index is -0.557. The van der Waals surface area contributed by atoms with E-state index in [0.29, 0.717) is 5.56 Å². The van der Waals surface area contributed by atoms with Crippen molar-refractivity contribution in [1.82, 2.24) is 5.06 Å². The van der Waals surface area contributed by atoms with E-state index in [0.717, 1.165) is 4.88 Å². The van der Waals surface area contributed by atoms with E-state index in [1.54, 1.807) is 5.38 Å². The molecule has 0 aliphatic carbocycles. The Morgan fingerprint density at radius 1 is 1.79 bits per heavy atom. The lowest BCUT2D eigenvalue weighted by atomic mass is 10.3. The number of hydroxylamine groups is 2. The third kappa shape index (κ3) is 1.79. The van der Waals surface area contributed by atoms with E-state index in [4.69, 9.17) is 4.84 Å². The van der Waals surface area contributed by atoms with Crippen LogP contribution >= 0.6 is 11.3 Å². The van der Waals surface area contributed by atoms with Crippen molar-refractivity contribution in [2.24, 2.45) is 0 Å². The van der Waals surface area contributed by atoms with Gasteiger partial charge in [0.05, 0.1) is 12.1 Å². The molecule has 2 rings (SSSR count). The summed E-state index contributed by atoms with van der Waals surface area (Å²) >= 11 is 1.53. The van der Waals surface area contributed by atoms with Crippen LogP contribution in [0.3, 0.4) is 0 Å². The molecule has 1 fully saturated rings. The highest BCUT2D eigenvalue weighted by Crippen LogP contribution is 2.17. The zero-order chi connectivity index (χ0) is 10.1. The van der Waals surface area contributed by atoms with Gasteiger partial charge in [-0.25, -0.2) is 5.06 Å². The third-order valence-electron chi connectivity index (χ3n) is 2.00. The average Bonchev–Trinajstić information content (AvgIpc) is 2.73. The van der Waals surface area contributed by atoms with Gasteiger partial charge >= 0.3 is 0 Å². The van der Waals surface area contributed by atoms with Crippen molar-refractivity contribution in [3.05, 3.63) is 21.9 Å². The SMILES string of the molecule is Cc1cc(C(=O)N2CC(O)CO2)cs1. The summed E-state index contributed by atoms with van der Waals surface area (Å²) < 4.78 is 0. The lowest BCUT2D eigenvalue weighted by molar-refractivity contribution is -0.0779. The lowest BCUT2D eigenvalue weighted by Gasteiger charge is -2.11. The Morgan fingerprint density at radius 3 is 3.07 bits per heavy atom. The molecule has 1 atom stereocenters. The number of thiophene rings is 1. The second kappa shape index (κ2) is 3.68. The van der Waals surface area contributed by atoms with Crippen LogP contribution in [0.4, 0.5) is 0 Å². The second-order valence-corrected chi connectivity index (χ2v) is 4.38. The van der Waals surface area contributed by atoms with Gasteiger partial charge in [-0.3, -0.25) is 9.63 Å². The molecule has 1 saturated heterocycles. The van der Waals surface area contributed by atoms with Crippen LogP contribution in [-0.2, 0) is 4.84 Å². The maximum Gasteiger partial charge on any atom is 0.278 e. The van der Waals surface area contributed by atoms with E-state index in [9.17, 15) is 9.90 Å². The second-order valence-electron chi connectivity index (χ2n) is 3.26. The molecule has 14 heavy (non-hydrogen) atoms. The lowest BCUT2D eigenvalue weighted by Crippen LogP contribution is -2.28. The molecule has 0 saturated carbocycles. The molecule has 0 bridgehead atoms. The van der Waals surface area contributed by atoms with Crippen LogP contribution in [0.2, 0.25) is 0 Å². The van der Waals surface area contributed by atoms with Crippen LogP contribution in [0.1, 0.15) is 15.2 Å². The molecule has 0 radical (unpaired) electrons. The summed E-state index contributed by atoms with van der Waals surface area (Å²) in [6, 6.07) is 1.82. The van der Waals surface area contributed by atoms with Crippen molar-refractivity contribution < 1.29 is 14.7 Å². The molecule has 2 heterocycles. The number of amides is 1. The van der Waals surface area contributed by atoms with Crippen LogP contribution in [0.15, 0.2) is 11.4 Å². The number of aliphatic hydroxyl groups is 1. The average molecular weight is 213 g/mol. The van der Waals surface area contributed by atoms with E-state index in [1.165, 1.54) is 16.4 Å². The van der Waals surface area contributed by atoms with E-state index < -0.39 is 6.10 Å². The summed E-state index contributed by atoms with van der Waals surface area (Å²) in [5, 5.41) is 12.2. The Bertz CT molecular complexity index is 350. The monoisotopic (exact) mass is 213 g/mol. The zero-order valence-electron chi connectivity index (χ0n) is 7.77. The summed E-state index contributed by atoms with van der Waals surface area (Å²) in [6.07, 6.45) is -0.557. The molecule has 0 aromatic carbocycles. The Balaban J connectivity index is 2.09. The normalized spacial score (nSPS) is 21.6. The smallest absolute Gasteiger partial charge is 0.278 e. The Labute approximate surface area is 85.7 Å². The van der Waals surface area contributed by atoms with Crippen LogP contribution in [0.25, 0.3) is 0 Å². The fourth-order valence-corrected chi connectivity index (χ4v) is 1.99. The summed E-state index contributed by atoms with van der Waals surface area (Å²) in [5.41, 5.74) is 0.626. The highest BCUT2D eigenvalue weighted by atomic mass is 32.1. The molecule has 1 N–H and O–H groups in total. The van der Waals surface area contributed by atoms with Gasteiger partial charge in [-0.05, 0) is 13.0 Å². The third-order valence-corrected chi connectivity index (χ3v) is 2.86. The van der Waals surface area contributed by atoms with Crippen molar-refractivity contribution in [2.45, 2.75) is 13.0 Å². The summed E-state index contributed by atoms with van der Waals surface area (Å²) in [6.45, 7) is 2.41. The van der Waals surface area contributed by atoms with E-state index >= 15 is 0 Å². The number of carbonyl (C=O) groups excluding carboxylic acids is 1. The molecule has 0 spiro atoms. The first kappa shape index (κ1) is 9.64. The van der Waals surface area contributed by atoms with E-state index in [-0.39, 0.29) is 19.1 Å². The first-order valence-electron chi connectivity index (χ1n) is 4.35. The number of aliphatic hydroxyl groups excluding tert-OH is 1. The van der Waals surface area contributed by atoms with Gasteiger partial charge in [-0.15, -0.1) is 11.3 Å². The van der Waals surface area contributed by atoms with Crippen LogP contribution in [0, 0.1) is 6.92 Å². The number of hydrogen-bond acceptors (Lipinski definition) is 4. The molecule has 1 aromatic heterocycles. The standard InChI is InChI=1S/C9H11NO3S/c1-6-2-7(5-14-6)9(12)10-3-8(11)4-13-10/h2,5,8,11H,3-4H2,1H3. The van der Waals surface area contributed by atoms with Gasteiger partial charge in [0.2, 0.25) is 0 Å². The van der Waals surface area contributed by atoms with Crippen molar-refractivity contribution in [2.75, 3.05) is 13.2 Å². The first-order valence-corrected chi connectivity index (χ1v) is 5.23. The maximum absolute atomic E-state index is 11.7. The van der Waals surface area contributed by atoms with Gasteiger partial charge < -0.3 is 5.11 Å². The molecule has 4 nitrogen and oxygen atoms in total. The summed E-state index contributed by atoms with van der Waals surface area (Å²) in [4.78, 5) is 17.8. The molecule has 76 valence electrons. The fraction of sp³-hybridized carbons (Fsp3) is 0.444. The minimum absolute atomic E-state index is 0.175. The molecule has 1 unspecified atom stereocenters. The molecule has 1 aliphatic heterocycles. The number of nitrogens with zero attached hydrogens (tertiary/aromatic N) is 1. The van der Waals surface area contributed by atoms with E-state index in [1.807, 2.05) is 13.0 Å². The highest BCUT2D eigenvalue weighted by Gasteiger charge is 2.27. The van der Waals surface area contributed by atoms with Gasteiger partial charge in [0.25, 0.3) is 5.91 Å². The Morgan fingerprint density at radius 2 is 2.57 bits per heavy atom. The van der Waals surface area contributed by atoms with Gasteiger partial charge in [0.1, 0.15) is 12.7 Å². The maximum atomic E-state index is 11.7. The predicted octanol–water partition coefficient (Wildman–Crippen LogP) is 0.805. The number of rotatable bonds is 1. The van der Waals surface area contributed by atoms with Gasteiger partial charge in [-0.2, -0.15) is 0 Å². The molecular weight excluding hydrogens is 202 g/mol. The summed E-state index contributed by atoms with van der Waals surface area (Å²) in [5.74, 6) is -0.175. The molecule has 1 aromatic rings. The van der Waals surface area contributed by atoms with Crippen molar-refractivity contribution in [3.8, 4) is 0 Å². The minimum Gasteiger partial charge on any atom is -0.389 e. The topological polar surface area (TPSA) is 49.8 Å². The molecule has 1 aliphatic rings. The van der Waals surface area contributed by atoms with Gasteiger partial charge in [0, 0.05) is 10.3 Å². The Hall–Kier alpha value is -0.910. The number of aryl methyl sites for hydroxylation is 1. The quantitative estimate of drug-likeness (QED) is 0.751. The fourth-order valence-electron chi connectivity index (χ4n) is 1.31. The zero-order valence-corrected chi connectivity index (χ0v) is 8.58.